The van der Waals surface area contributed by atoms with Crippen LogP contribution in [0.3, 0.4) is 0 Å². The first-order chi connectivity index (χ1) is 8.06. The van der Waals surface area contributed by atoms with Crippen LogP contribution >= 0.6 is 0 Å². The van der Waals surface area contributed by atoms with Gasteiger partial charge in [-0.3, -0.25) is 9.59 Å². The maximum Gasteiger partial charge on any atom is 0.305 e. The van der Waals surface area contributed by atoms with Gasteiger partial charge in [-0.05, 0) is 31.6 Å². The van der Waals surface area contributed by atoms with E-state index in [4.69, 9.17) is 14.9 Å². The molecule has 0 amide bonds. The highest BCUT2D eigenvalue weighted by Gasteiger charge is 2.06. The van der Waals surface area contributed by atoms with E-state index >= 15 is 0 Å². The van der Waals surface area contributed by atoms with Crippen LogP contribution in [0.4, 0.5) is 0 Å². The number of carbonyl (C=O) groups is 2. The van der Waals surface area contributed by atoms with Crippen molar-refractivity contribution in [2.75, 3.05) is 13.2 Å². The summed E-state index contributed by atoms with van der Waals surface area (Å²) in [6.45, 7) is 2.53. The van der Waals surface area contributed by atoms with E-state index in [9.17, 15) is 9.59 Å². The van der Waals surface area contributed by atoms with Gasteiger partial charge in [0.1, 0.15) is 0 Å². The van der Waals surface area contributed by atoms with Gasteiger partial charge in [-0.2, -0.15) is 0 Å². The average molecular weight is 246 g/mol. The number of aliphatic carboxylic acids is 1. The zero-order valence-electron chi connectivity index (χ0n) is 10.4. The number of unbranched alkanes of at least 4 members (excludes halogenated alkanes) is 1. The highest BCUT2D eigenvalue weighted by molar-refractivity contribution is 5.69. The summed E-state index contributed by atoms with van der Waals surface area (Å²) in [5.74, 6) is -0.761. The molecule has 5 heteroatoms. The van der Waals surface area contributed by atoms with Crippen LogP contribution in [-0.4, -0.2) is 35.4 Å². The number of rotatable bonds is 10. The van der Waals surface area contributed by atoms with E-state index in [2.05, 4.69) is 0 Å². The molecule has 100 valence electrons. The zero-order valence-corrected chi connectivity index (χ0v) is 10.4. The van der Waals surface area contributed by atoms with Crippen molar-refractivity contribution in [2.45, 2.75) is 45.4 Å². The minimum atomic E-state index is -0.837. The van der Waals surface area contributed by atoms with Crippen molar-refractivity contribution in [3.05, 3.63) is 0 Å². The number of carboxylic acid groups (broad SMARTS) is 1. The average Bonchev–Trinajstić information content (AvgIpc) is 2.24. The van der Waals surface area contributed by atoms with Crippen LogP contribution in [-0.2, 0) is 14.3 Å². The van der Waals surface area contributed by atoms with E-state index in [0.717, 1.165) is 12.8 Å². The third kappa shape index (κ3) is 11.2. The summed E-state index contributed by atoms with van der Waals surface area (Å²) in [6.07, 6.45) is 2.91. The lowest BCUT2D eigenvalue weighted by molar-refractivity contribution is -0.144. The zero-order chi connectivity index (χ0) is 13.1. The first kappa shape index (κ1) is 15.9. The van der Waals surface area contributed by atoms with Crippen molar-refractivity contribution >= 4 is 11.9 Å². The van der Waals surface area contributed by atoms with Gasteiger partial charge in [0.15, 0.2) is 0 Å². The van der Waals surface area contributed by atoms with Gasteiger partial charge in [0.2, 0.25) is 0 Å². The molecule has 0 aliphatic rings. The number of hydrogen-bond donors (Lipinski definition) is 2. The lowest BCUT2D eigenvalue weighted by Gasteiger charge is -2.09. The quantitative estimate of drug-likeness (QED) is 0.451. The van der Waals surface area contributed by atoms with E-state index in [1.54, 1.807) is 0 Å². The number of hydrogen-bond acceptors (Lipinski definition) is 4. The van der Waals surface area contributed by atoms with Gasteiger partial charge in [-0.15, -0.1) is 0 Å². The van der Waals surface area contributed by atoms with Crippen molar-refractivity contribution in [3.63, 3.8) is 0 Å². The highest BCUT2D eigenvalue weighted by Crippen LogP contribution is 2.07. The van der Waals surface area contributed by atoms with Gasteiger partial charge in [0.05, 0.1) is 6.61 Å². The van der Waals surface area contributed by atoms with Crippen molar-refractivity contribution in [3.8, 4) is 0 Å². The lowest BCUT2D eigenvalue weighted by atomic mass is 10.1. The van der Waals surface area contributed by atoms with E-state index < -0.39 is 5.97 Å². The van der Waals surface area contributed by atoms with Gasteiger partial charge < -0.3 is 14.9 Å². The maximum atomic E-state index is 11.2. The summed E-state index contributed by atoms with van der Waals surface area (Å²) in [5, 5.41) is 17.1. The third-order valence-electron chi connectivity index (χ3n) is 2.52. The summed E-state index contributed by atoms with van der Waals surface area (Å²) in [7, 11) is 0. The van der Waals surface area contributed by atoms with Gasteiger partial charge in [0.25, 0.3) is 0 Å². The molecule has 0 aromatic heterocycles. The first-order valence-electron chi connectivity index (χ1n) is 6.04. The maximum absolute atomic E-state index is 11.2. The van der Waals surface area contributed by atoms with Gasteiger partial charge in [-0.25, -0.2) is 0 Å². The molecule has 0 fully saturated rings. The molecule has 0 aliphatic heterocycles. The summed E-state index contributed by atoms with van der Waals surface area (Å²) in [6, 6.07) is 0. The number of aliphatic hydroxyl groups excluding tert-OH is 1. The molecule has 0 rings (SSSR count). The largest absolute Gasteiger partial charge is 0.481 e. The van der Waals surface area contributed by atoms with E-state index in [1.807, 2.05) is 6.92 Å². The predicted octanol–water partition coefficient (Wildman–Crippen LogP) is 1.58. The van der Waals surface area contributed by atoms with Crippen LogP contribution in [0.25, 0.3) is 0 Å². The monoisotopic (exact) mass is 246 g/mol. The molecule has 2 N–H and O–H groups in total. The van der Waals surface area contributed by atoms with Gasteiger partial charge in [0, 0.05) is 19.4 Å². The second-order valence-electron chi connectivity index (χ2n) is 4.23. The molecule has 0 heterocycles. The lowest BCUT2D eigenvalue weighted by Crippen LogP contribution is -2.09. The summed E-state index contributed by atoms with van der Waals surface area (Å²) in [4.78, 5) is 21.4. The Bertz CT molecular complexity index is 227. The number of esters is 1. The third-order valence-corrected chi connectivity index (χ3v) is 2.52. The first-order valence-corrected chi connectivity index (χ1v) is 6.04. The Morgan fingerprint density at radius 1 is 1.18 bits per heavy atom. The second-order valence-corrected chi connectivity index (χ2v) is 4.23. The Balaban J connectivity index is 3.37. The normalized spacial score (nSPS) is 12.1. The Hall–Kier alpha value is -1.10. The molecule has 0 aromatic rings. The minimum Gasteiger partial charge on any atom is -0.481 e. The highest BCUT2D eigenvalue weighted by atomic mass is 16.5. The van der Waals surface area contributed by atoms with Crippen molar-refractivity contribution in [2.24, 2.45) is 5.92 Å². The topological polar surface area (TPSA) is 83.8 Å². The van der Waals surface area contributed by atoms with Crippen LogP contribution in [0, 0.1) is 5.92 Å². The molecule has 0 spiro atoms. The summed E-state index contributed by atoms with van der Waals surface area (Å²) < 4.78 is 5.00. The second kappa shape index (κ2) is 10.1. The molecule has 0 bridgehead atoms. The van der Waals surface area contributed by atoms with Crippen LogP contribution in [0.5, 0.6) is 0 Å². The number of ether oxygens (including phenoxy) is 1. The minimum absolute atomic E-state index is 0.0980. The molecule has 0 radical (unpaired) electrons. The number of aliphatic hydroxyl groups is 1. The molecule has 5 nitrogen and oxygen atoms in total. The van der Waals surface area contributed by atoms with Crippen LogP contribution in [0.2, 0.25) is 0 Å². The Labute approximate surface area is 102 Å². The summed E-state index contributed by atoms with van der Waals surface area (Å²) >= 11 is 0. The molecular formula is C12H22O5. The smallest absolute Gasteiger partial charge is 0.305 e. The van der Waals surface area contributed by atoms with Crippen LogP contribution < -0.4 is 0 Å². The molecule has 0 saturated heterocycles. The van der Waals surface area contributed by atoms with Gasteiger partial charge >= 0.3 is 11.9 Å². The molecule has 0 aliphatic carbocycles. The van der Waals surface area contributed by atoms with E-state index in [1.165, 1.54) is 0 Å². The fourth-order valence-electron chi connectivity index (χ4n) is 1.36. The number of carbonyl (C=O) groups excluding carboxylic acids is 1. The standard InChI is InChI=1S/C12H22O5/c1-10(6-8-13)7-9-17-12(16)5-3-2-4-11(14)15/h10,13H,2-9H2,1H3,(H,14,15). The Kier molecular flexibility index (Phi) is 9.43. The SMILES string of the molecule is CC(CCO)CCOC(=O)CCCCC(=O)O. The van der Waals surface area contributed by atoms with Crippen LogP contribution in [0.1, 0.15) is 45.4 Å². The summed E-state index contributed by atoms with van der Waals surface area (Å²) in [5.41, 5.74) is 0. The molecule has 1 unspecified atom stereocenters. The van der Waals surface area contributed by atoms with Gasteiger partial charge in [-0.1, -0.05) is 6.92 Å². The fourth-order valence-corrected chi connectivity index (χ4v) is 1.36. The Morgan fingerprint density at radius 2 is 1.82 bits per heavy atom. The molecule has 1 atom stereocenters. The molecule has 17 heavy (non-hydrogen) atoms. The molecular weight excluding hydrogens is 224 g/mol. The van der Waals surface area contributed by atoms with Crippen molar-refractivity contribution in [1.29, 1.82) is 0 Å². The van der Waals surface area contributed by atoms with E-state index in [0.29, 0.717) is 25.4 Å². The Morgan fingerprint density at radius 3 is 2.41 bits per heavy atom. The van der Waals surface area contributed by atoms with Crippen LogP contribution in [0.15, 0.2) is 0 Å². The predicted molar refractivity (Wildman–Crippen MR) is 62.5 cm³/mol. The molecule has 0 saturated carbocycles. The van der Waals surface area contributed by atoms with E-state index in [-0.39, 0.29) is 25.4 Å². The van der Waals surface area contributed by atoms with Crippen molar-refractivity contribution in [1.82, 2.24) is 0 Å². The number of carboxylic acids is 1. The van der Waals surface area contributed by atoms with Crippen molar-refractivity contribution < 1.29 is 24.5 Å². The molecule has 0 aromatic carbocycles. The fraction of sp³-hybridized carbons (Fsp3) is 0.833.